The van der Waals surface area contributed by atoms with E-state index in [1.165, 1.54) is 6.07 Å². The topological polar surface area (TPSA) is 46.2 Å². The minimum absolute atomic E-state index is 0.0859. The van der Waals surface area contributed by atoms with Crippen LogP contribution in [0.15, 0.2) is 18.2 Å². The number of rotatable bonds is 5. The molecule has 100 valence electrons. The van der Waals surface area contributed by atoms with E-state index in [-0.39, 0.29) is 23.4 Å². The van der Waals surface area contributed by atoms with E-state index in [4.69, 9.17) is 0 Å². The van der Waals surface area contributed by atoms with E-state index in [1.54, 1.807) is 13.0 Å². The highest BCUT2D eigenvalue weighted by molar-refractivity contribution is 7.91. The molecule has 0 fully saturated rings. The second-order valence-electron chi connectivity index (χ2n) is 4.62. The highest BCUT2D eigenvalue weighted by Gasteiger charge is 2.22. The van der Waals surface area contributed by atoms with Gasteiger partial charge in [-0.2, -0.15) is 0 Å². The fourth-order valence-corrected chi connectivity index (χ4v) is 3.04. The van der Waals surface area contributed by atoms with Crippen molar-refractivity contribution in [2.75, 3.05) is 18.1 Å². The maximum Gasteiger partial charge on any atom is 0.151 e. The molecule has 0 aliphatic heterocycles. The highest BCUT2D eigenvalue weighted by Crippen LogP contribution is 2.31. The van der Waals surface area contributed by atoms with Crippen molar-refractivity contribution in [1.82, 2.24) is 5.32 Å². The Morgan fingerprint density at radius 2 is 2.22 bits per heavy atom. The summed E-state index contributed by atoms with van der Waals surface area (Å²) in [6.45, 7) is 2.08. The molecule has 0 heterocycles. The van der Waals surface area contributed by atoms with Crippen molar-refractivity contribution in [1.29, 1.82) is 0 Å². The van der Waals surface area contributed by atoms with Crippen molar-refractivity contribution in [2.45, 2.75) is 25.8 Å². The Kier molecular flexibility index (Phi) is 4.02. The third-order valence-corrected chi connectivity index (χ3v) is 5.14. The van der Waals surface area contributed by atoms with Gasteiger partial charge in [-0.25, -0.2) is 12.8 Å². The van der Waals surface area contributed by atoms with Crippen LogP contribution in [0.1, 0.15) is 30.5 Å². The van der Waals surface area contributed by atoms with Gasteiger partial charge in [0.05, 0.1) is 5.75 Å². The summed E-state index contributed by atoms with van der Waals surface area (Å²) in [5, 5.41) is 3.21. The van der Waals surface area contributed by atoms with Crippen LogP contribution in [0.5, 0.6) is 0 Å². The molecule has 2 rings (SSSR count). The van der Waals surface area contributed by atoms with Gasteiger partial charge in [0, 0.05) is 18.3 Å². The van der Waals surface area contributed by atoms with Crippen molar-refractivity contribution in [3.63, 3.8) is 0 Å². The average Bonchev–Trinajstić information content (AvgIpc) is 2.72. The van der Waals surface area contributed by atoms with Crippen LogP contribution >= 0.6 is 0 Å². The Hall–Kier alpha value is -0.940. The van der Waals surface area contributed by atoms with Gasteiger partial charge >= 0.3 is 0 Å². The molecule has 1 aliphatic rings. The molecule has 0 saturated heterocycles. The Labute approximate surface area is 107 Å². The van der Waals surface area contributed by atoms with Crippen LogP contribution < -0.4 is 5.32 Å². The summed E-state index contributed by atoms with van der Waals surface area (Å²) in [4.78, 5) is 0. The lowest BCUT2D eigenvalue weighted by atomic mass is 10.1. The van der Waals surface area contributed by atoms with Crippen LogP contribution in [-0.4, -0.2) is 26.5 Å². The molecule has 1 N–H and O–H groups in total. The number of nitrogens with one attached hydrogen (secondary N) is 1. The Balaban J connectivity index is 1.96. The van der Waals surface area contributed by atoms with Crippen molar-refractivity contribution in [2.24, 2.45) is 0 Å². The average molecular weight is 271 g/mol. The fraction of sp³-hybridized carbons (Fsp3) is 0.538. The summed E-state index contributed by atoms with van der Waals surface area (Å²) >= 11 is 0. The van der Waals surface area contributed by atoms with Crippen LogP contribution in [-0.2, 0) is 16.3 Å². The van der Waals surface area contributed by atoms with E-state index in [0.717, 1.165) is 24.0 Å². The second kappa shape index (κ2) is 5.36. The molecule has 0 spiro atoms. The monoisotopic (exact) mass is 271 g/mol. The molecule has 0 aromatic heterocycles. The number of hydrogen-bond donors (Lipinski definition) is 1. The first-order valence-corrected chi connectivity index (χ1v) is 8.06. The van der Waals surface area contributed by atoms with E-state index in [9.17, 15) is 12.8 Å². The standard InChI is InChI=1S/C13H18FNO2S/c1-2-18(16,17)8-7-15-13-6-4-10-3-5-11(14)9-12(10)13/h3,5,9,13,15H,2,4,6-8H2,1H3. The summed E-state index contributed by atoms with van der Waals surface area (Å²) in [5.41, 5.74) is 2.14. The van der Waals surface area contributed by atoms with E-state index in [1.807, 2.05) is 6.07 Å². The smallest absolute Gasteiger partial charge is 0.151 e. The molecule has 5 heteroatoms. The van der Waals surface area contributed by atoms with Crippen molar-refractivity contribution in [3.05, 3.63) is 35.1 Å². The molecule has 0 amide bonds. The van der Waals surface area contributed by atoms with Gasteiger partial charge in [-0.15, -0.1) is 0 Å². The normalized spacial score (nSPS) is 18.9. The third kappa shape index (κ3) is 3.09. The van der Waals surface area contributed by atoms with Gasteiger partial charge in [-0.3, -0.25) is 0 Å². The predicted octanol–water partition coefficient (Wildman–Crippen LogP) is 1.84. The van der Waals surface area contributed by atoms with Gasteiger partial charge in [-0.1, -0.05) is 13.0 Å². The number of hydrogen-bond acceptors (Lipinski definition) is 3. The van der Waals surface area contributed by atoms with Crippen LogP contribution in [0, 0.1) is 5.82 Å². The molecule has 1 unspecified atom stereocenters. The van der Waals surface area contributed by atoms with Crippen LogP contribution in [0.3, 0.4) is 0 Å². The second-order valence-corrected chi connectivity index (χ2v) is 7.10. The molecular formula is C13H18FNO2S. The number of fused-ring (bicyclic) bond motifs is 1. The van der Waals surface area contributed by atoms with Gasteiger partial charge in [0.15, 0.2) is 9.84 Å². The first-order chi connectivity index (χ1) is 8.52. The van der Waals surface area contributed by atoms with Crippen LogP contribution in [0.25, 0.3) is 0 Å². The number of sulfone groups is 1. The lowest BCUT2D eigenvalue weighted by molar-refractivity contribution is 0.538. The van der Waals surface area contributed by atoms with E-state index in [0.29, 0.717) is 6.54 Å². The molecule has 1 aliphatic carbocycles. The van der Waals surface area contributed by atoms with Gasteiger partial charge in [0.1, 0.15) is 5.82 Å². The molecule has 1 aromatic rings. The van der Waals surface area contributed by atoms with Gasteiger partial charge < -0.3 is 5.32 Å². The number of aryl methyl sites for hydroxylation is 1. The van der Waals surface area contributed by atoms with E-state index >= 15 is 0 Å². The summed E-state index contributed by atoms with van der Waals surface area (Å²) in [7, 11) is -2.93. The minimum atomic E-state index is -2.93. The van der Waals surface area contributed by atoms with Crippen LogP contribution in [0.4, 0.5) is 4.39 Å². The summed E-state index contributed by atoms with van der Waals surface area (Å²) in [6.07, 6.45) is 1.83. The molecule has 0 radical (unpaired) electrons. The first kappa shape index (κ1) is 13.5. The number of benzene rings is 1. The van der Waals surface area contributed by atoms with Crippen molar-refractivity contribution in [3.8, 4) is 0 Å². The quantitative estimate of drug-likeness (QED) is 0.889. The molecule has 0 bridgehead atoms. The largest absolute Gasteiger partial charge is 0.309 e. The Bertz CT molecular complexity index is 528. The first-order valence-electron chi connectivity index (χ1n) is 6.24. The van der Waals surface area contributed by atoms with E-state index < -0.39 is 9.84 Å². The van der Waals surface area contributed by atoms with Crippen molar-refractivity contribution >= 4 is 9.84 Å². The zero-order chi connectivity index (χ0) is 13.2. The van der Waals surface area contributed by atoms with Gasteiger partial charge in [-0.05, 0) is 36.1 Å². The Morgan fingerprint density at radius 3 is 2.94 bits per heavy atom. The summed E-state index contributed by atoms with van der Waals surface area (Å²) < 4.78 is 35.9. The lowest BCUT2D eigenvalue weighted by Gasteiger charge is -2.13. The third-order valence-electron chi connectivity index (χ3n) is 3.43. The van der Waals surface area contributed by atoms with Crippen LogP contribution in [0.2, 0.25) is 0 Å². The minimum Gasteiger partial charge on any atom is -0.309 e. The summed E-state index contributed by atoms with van der Waals surface area (Å²) in [5.74, 6) is 0.0819. The zero-order valence-electron chi connectivity index (χ0n) is 10.4. The van der Waals surface area contributed by atoms with Gasteiger partial charge in [0.2, 0.25) is 0 Å². The SMILES string of the molecule is CCS(=O)(=O)CCNC1CCc2ccc(F)cc21. The zero-order valence-corrected chi connectivity index (χ0v) is 11.3. The molecule has 0 saturated carbocycles. The number of halogens is 1. The molecule has 1 aromatic carbocycles. The Morgan fingerprint density at radius 1 is 1.44 bits per heavy atom. The van der Waals surface area contributed by atoms with Gasteiger partial charge in [0.25, 0.3) is 0 Å². The maximum absolute atomic E-state index is 13.2. The fourth-order valence-electron chi connectivity index (χ4n) is 2.32. The highest BCUT2D eigenvalue weighted by atomic mass is 32.2. The lowest BCUT2D eigenvalue weighted by Crippen LogP contribution is -2.26. The summed E-state index contributed by atoms with van der Waals surface area (Å²) in [6, 6.07) is 4.93. The van der Waals surface area contributed by atoms with E-state index in [2.05, 4.69) is 5.32 Å². The molecule has 1 atom stereocenters. The predicted molar refractivity (Wildman–Crippen MR) is 69.8 cm³/mol. The molecular weight excluding hydrogens is 253 g/mol. The van der Waals surface area contributed by atoms with Crippen molar-refractivity contribution < 1.29 is 12.8 Å². The maximum atomic E-state index is 13.2. The molecule has 18 heavy (non-hydrogen) atoms. The molecule has 3 nitrogen and oxygen atoms in total.